The van der Waals surface area contributed by atoms with E-state index in [0.717, 1.165) is 12.1 Å². The van der Waals surface area contributed by atoms with Crippen molar-refractivity contribution >= 4 is 15.9 Å². The van der Waals surface area contributed by atoms with E-state index < -0.39 is 23.6 Å². The third-order valence-electron chi connectivity index (χ3n) is 2.54. The highest BCUT2D eigenvalue weighted by Gasteiger charge is 2.18. The van der Waals surface area contributed by atoms with Crippen LogP contribution in [0.5, 0.6) is 0 Å². The van der Waals surface area contributed by atoms with E-state index in [-0.39, 0.29) is 15.6 Å². The molecule has 0 heterocycles. The SMILES string of the molecule is OC(c1ccc(Br)c(F)c1)c1cccc(F)c1F. The first-order valence-corrected chi connectivity index (χ1v) is 5.87. The number of hydrogen-bond acceptors (Lipinski definition) is 1. The van der Waals surface area contributed by atoms with Gasteiger partial charge in [0, 0.05) is 5.56 Å². The lowest BCUT2D eigenvalue weighted by Gasteiger charge is -2.13. The molecule has 0 aromatic heterocycles. The summed E-state index contributed by atoms with van der Waals surface area (Å²) in [5.74, 6) is -2.76. The summed E-state index contributed by atoms with van der Waals surface area (Å²) in [5.41, 5.74) is -0.0723. The van der Waals surface area contributed by atoms with E-state index >= 15 is 0 Å². The van der Waals surface area contributed by atoms with Gasteiger partial charge in [-0.05, 0) is 39.7 Å². The van der Waals surface area contributed by atoms with Crippen molar-refractivity contribution in [2.24, 2.45) is 0 Å². The molecule has 0 saturated carbocycles. The Labute approximate surface area is 110 Å². The normalized spacial score (nSPS) is 12.5. The largest absolute Gasteiger partial charge is 0.384 e. The lowest BCUT2D eigenvalue weighted by molar-refractivity contribution is 0.213. The third kappa shape index (κ3) is 2.42. The molecule has 0 aliphatic carbocycles. The Morgan fingerprint density at radius 3 is 2.39 bits per heavy atom. The van der Waals surface area contributed by atoms with Crippen LogP contribution in [-0.2, 0) is 0 Å². The van der Waals surface area contributed by atoms with Crippen LogP contribution in [0.3, 0.4) is 0 Å². The molecule has 1 unspecified atom stereocenters. The van der Waals surface area contributed by atoms with Crippen LogP contribution < -0.4 is 0 Å². The molecule has 0 amide bonds. The quantitative estimate of drug-likeness (QED) is 0.889. The van der Waals surface area contributed by atoms with Crippen molar-refractivity contribution in [2.45, 2.75) is 6.10 Å². The van der Waals surface area contributed by atoms with Crippen molar-refractivity contribution in [3.63, 3.8) is 0 Å². The fraction of sp³-hybridized carbons (Fsp3) is 0.0769. The lowest BCUT2D eigenvalue weighted by atomic mass is 10.0. The molecule has 1 nitrogen and oxygen atoms in total. The van der Waals surface area contributed by atoms with Gasteiger partial charge in [-0.15, -0.1) is 0 Å². The van der Waals surface area contributed by atoms with Crippen molar-refractivity contribution in [3.8, 4) is 0 Å². The zero-order valence-corrected chi connectivity index (χ0v) is 10.6. The number of aliphatic hydroxyl groups is 1. The van der Waals surface area contributed by atoms with Gasteiger partial charge in [-0.25, -0.2) is 13.2 Å². The Balaban J connectivity index is 2.44. The van der Waals surface area contributed by atoms with Gasteiger partial charge < -0.3 is 5.11 Å². The second-order valence-corrected chi connectivity index (χ2v) is 4.57. The predicted octanol–water partition coefficient (Wildman–Crippen LogP) is 3.95. The van der Waals surface area contributed by atoms with Crippen molar-refractivity contribution in [2.75, 3.05) is 0 Å². The van der Waals surface area contributed by atoms with Crippen LogP contribution >= 0.6 is 15.9 Å². The minimum atomic E-state index is -1.41. The summed E-state index contributed by atoms with van der Waals surface area (Å²) in [7, 11) is 0. The monoisotopic (exact) mass is 316 g/mol. The fourth-order valence-corrected chi connectivity index (χ4v) is 1.84. The van der Waals surface area contributed by atoms with Gasteiger partial charge in [0.05, 0.1) is 4.47 Å². The molecular formula is C13H8BrF3O. The molecule has 0 bridgehead atoms. The Bertz CT molecular complexity index is 586. The van der Waals surface area contributed by atoms with E-state index in [4.69, 9.17) is 0 Å². The zero-order chi connectivity index (χ0) is 13.3. The number of aliphatic hydroxyl groups excluding tert-OH is 1. The number of halogens is 4. The Hall–Kier alpha value is -1.33. The Morgan fingerprint density at radius 1 is 1.00 bits per heavy atom. The van der Waals surface area contributed by atoms with E-state index in [1.807, 2.05) is 0 Å². The molecule has 0 fully saturated rings. The molecule has 0 spiro atoms. The number of rotatable bonds is 2. The van der Waals surface area contributed by atoms with Crippen LogP contribution in [0.15, 0.2) is 40.9 Å². The summed E-state index contributed by atoms with van der Waals surface area (Å²) >= 11 is 2.97. The molecule has 0 aliphatic heterocycles. The molecule has 1 atom stereocenters. The summed E-state index contributed by atoms with van der Waals surface area (Å²) in [5, 5.41) is 9.92. The van der Waals surface area contributed by atoms with E-state index in [9.17, 15) is 18.3 Å². The molecule has 2 aromatic rings. The summed E-state index contributed by atoms with van der Waals surface area (Å²) in [6, 6.07) is 7.38. The summed E-state index contributed by atoms with van der Waals surface area (Å²) in [6.07, 6.45) is -1.41. The molecule has 2 rings (SSSR count). The molecule has 18 heavy (non-hydrogen) atoms. The van der Waals surface area contributed by atoms with Crippen LogP contribution in [0.2, 0.25) is 0 Å². The Morgan fingerprint density at radius 2 is 1.72 bits per heavy atom. The van der Waals surface area contributed by atoms with E-state index in [2.05, 4.69) is 15.9 Å². The summed E-state index contributed by atoms with van der Waals surface area (Å²) in [6.45, 7) is 0. The van der Waals surface area contributed by atoms with Crippen LogP contribution in [-0.4, -0.2) is 5.11 Å². The van der Waals surface area contributed by atoms with Crippen LogP contribution in [0.1, 0.15) is 17.2 Å². The second kappa shape index (κ2) is 5.12. The van der Waals surface area contributed by atoms with Crippen molar-refractivity contribution < 1.29 is 18.3 Å². The zero-order valence-electron chi connectivity index (χ0n) is 9.00. The van der Waals surface area contributed by atoms with Gasteiger partial charge >= 0.3 is 0 Å². The van der Waals surface area contributed by atoms with Gasteiger partial charge in [0.1, 0.15) is 11.9 Å². The van der Waals surface area contributed by atoms with Crippen molar-refractivity contribution in [3.05, 3.63) is 69.4 Å². The van der Waals surface area contributed by atoms with Gasteiger partial charge in [0.2, 0.25) is 0 Å². The number of benzene rings is 2. The third-order valence-corrected chi connectivity index (χ3v) is 3.18. The first kappa shape index (κ1) is 13.1. The molecular weight excluding hydrogens is 309 g/mol. The maximum Gasteiger partial charge on any atom is 0.164 e. The topological polar surface area (TPSA) is 20.2 Å². The lowest BCUT2D eigenvalue weighted by Crippen LogP contribution is -2.04. The highest BCUT2D eigenvalue weighted by molar-refractivity contribution is 9.10. The Kier molecular flexibility index (Phi) is 3.73. The maximum absolute atomic E-state index is 13.5. The maximum atomic E-state index is 13.5. The molecule has 94 valence electrons. The number of hydrogen-bond donors (Lipinski definition) is 1. The molecule has 0 radical (unpaired) electrons. The standard InChI is InChI=1S/C13H8BrF3O/c14-9-5-4-7(6-11(9)16)13(18)8-2-1-3-10(15)12(8)17/h1-6,13,18H. The first-order chi connectivity index (χ1) is 8.50. The highest BCUT2D eigenvalue weighted by Crippen LogP contribution is 2.27. The van der Waals surface area contributed by atoms with Gasteiger partial charge in [-0.3, -0.25) is 0 Å². The molecule has 0 saturated heterocycles. The molecule has 1 N–H and O–H groups in total. The smallest absolute Gasteiger partial charge is 0.164 e. The predicted molar refractivity (Wildman–Crippen MR) is 64.5 cm³/mol. The van der Waals surface area contributed by atoms with Crippen molar-refractivity contribution in [1.82, 2.24) is 0 Å². The first-order valence-electron chi connectivity index (χ1n) is 5.07. The molecule has 2 aromatic carbocycles. The van der Waals surface area contributed by atoms with Gasteiger partial charge in [-0.2, -0.15) is 0 Å². The van der Waals surface area contributed by atoms with Gasteiger partial charge in [0.25, 0.3) is 0 Å². The molecule has 0 aliphatic rings. The summed E-state index contributed by atoms with van der Waals surface area (Å²) in [4.78, 5) is 0. The fourth-order valence-electron chi connectivity index (χ4n) is 1.59. The van der Waals surface area contributed by atoms with E-state index in [1.54, 1.807) is 0 Å². The van der Waals surface area contributed by atoms with E-state index in [1.165, 1.54) is 24.3 Å². The second-order valence-electron chi connectivity index (χ2n) is 3.72. The van der Waals surface area contributed by atoms with Gasteiger partial charge in [0.15, 0.2) is 11.6 Å². The minimum absolute atomic E-state index is 0.153. The van der Waals surface area contributed by atoms with Crippen molar-refractivity contribution in [1.29, 1.82) is 0 Å². The van der Waals surface area contributed by atoms with Crippen LogP contribution in [0.4, 0.5) is 13.2 Å². The summed E-state index contributed by atoms with van der Waals surface area (Å²) < 4.78 is 40.1. The molecule has 5 heteroatoms. The van der Waals surface area contributed by atoms with E-state index in [0.29, 0.717) is 0 Å². The highest BCUT2D eigenvalue weighted by atomic mass is 79.9. The van der Waals surface area contributed by atoms with Gasteiger partial charge in [-0.1, -0.05) is 18.2 Å². The average molecular weight is 317 g/mol. The van der Waals surface area contributed by atoms with Crippen LogP contribution in [0.25, 0.3) is 0 Å². The minimum Gasteiger partial charge on any atom is -0.384 e. The van der Waals surface area contributed by atoms with Crippen LogP contribution in [0, 0.1) is 17.5 Å². The average Bonchev–Trinajstić information content (AvgIpc) is 2.35.